The molecule has 0 aliphatic heterocycles. The summed E-state index contributed by atoms with van der Waals surface area (Å²) in [4.78, 5) is 0. The average Bonchev–Trinajstić information content (AvgIpc) is 2.34. The fourth-order valence-corrected chi connectivity index (χ4v) is 2.28. The van der Waals surface area contributed by atoms with Gasteiger partial charge in [0.05, 0.1) is 10.7 Å². The van der Waals surface area contributed by atoms with E-state index in [1.54, 1.807) is 30.3 Å². The number of phenolic OH excluding ortho intramolecular Hbond substituents is 1. The van der Waals surface area contributed by atoms with E-state index in [0.29, 0.717) is 16.6 Å². The van der Waals surface area contributed by atoms with Gasteiger partial charge in [-0.05, 0) is 36.4 Å². The molecular formula is C13H10BrCl2NO. The lowest BCUT2D eigenvalue weighted by Gasteiger charge is -2.10. The molecule has 0 spiro atoms. The van der Waals surface area contributed by atoms with Gasteiger partial charge in [0.2, 0.25) is 0 Å². The maximum absolute atomic E-state index is 9.72. The molecule has 5 heteroatoms. The van der Waals surface area contributed by atoms with Gasteiger partial charge in [0.1, 0.15) is 5.75 Å². The van der Waals surface area contributed by atoms with Crippen molar-refractivity contribution in [1.29, 1.82) is 0 Å². The fraction of sp³-hybridized carbons (Fsp3) is 0.0769. The van der Waals surface area contributed by atoms with E-state index in [1.165, 1.54) is 0 Å². The first-order valence-electron chi connectivity index (χ1n) is 5.22. The highest BCUT2D eigenvalue weighted by Crippen LogP contribution is 2.27. The van der Waals surface area contributed by atoms with E-state index in [-0.39, 0.29) is 5.75 Å². The molecule has 0 aromatic heterocycles. The summed E-state index contributed by atoms with van der Waals surface area (Å²) < 4.78 is 0.911. The topological polar surface area (TPSA) is 32.3 Å². The van der Waals surface area contributed by atoms with Crippen LogP contribution in [-0.4, -0.2) is 5.11 Å². The average molecular weight is 347 g/mol. The minimum Gasteiger partial charge on any atom is -0.508 e. The first-order chi connectivity index (χ1) is 8.56. The summed E-state index contributed by atoms with van der Waals surface area (Å²) in [7, 11) is 0. The van der Waals surface area contributed by atoms with Crippen LogP contribution in [0.2, 0.25) is 10.0 Å². The summed E-state index contributed by atoms with van der Waals surface area (Å²) in [5.74, 6) is 0.240. The standard InChI is InChI=1S/C13H10BrCl2NO/c14-9-1-4-13(18)8(5-9)7-17-12-6-10(15)2-3-11(12)16/h1-6,17-18H,7H2. The van der Waals surface area contributed by atoms with Gasteiger partial charge in [-0.1, -0.05) is 39.1 Å². The van der Waals surface area contributed by atoms with Gasteiger partial charge in [-0.3, -0.25) is 0 Å². The van der Waals surface area contributed by atoms with Crippen LogP contribution in [-0.2, 0) is 6.54 Å². The second kappa shape index (κ2) is 5.83. The van der Waals surface area contributed by atoms with Crippen LogP contribution in [0.25, 0.3) is 0 Å². The summed E-state index contributed by atoms with van der Waals surface area (Å²) in [6.45, 7) is 0.464. The SMILES string of the molecule is Oc1ccc(Br)cc1CNc1cc(Cl)ccc1Cl. The predicted octanol–water partition coefficient (Wildman–Crippen LogP) is 5.07. The molecule has 2 aromatic carbocycles. The van der Waals surface area contributed by atoms with Crippen molar-refractivity contribution in [3.63, 3.8) is 0 Å². The number of rotatable bonds is 3. The van der Waals surface area contributed by atoms with E-state index in [0.717, 1.165) is 15.7 Å². The number of hydrogen-bond acceptors (Lipinski definition) is 2. The van der Waals surface area contributed by atoms with Gasteiger partial charge in [-0.15, -0.1) is 0 Å². The van der Waals surface area contributed by atoms with Crippen LogP contribution in [0, 0.1) is 0 Å². The summed E-state index contributed by atoms with van der Waals surface area (Å²) in [6, 6.07) is 10.5. The van der Waals surface area contributed by atoms with Crippen LogP contribution in [0.4, 0.5) is 5.69 Å². The molecule has 0 unspecified atom stereocenters. The van der Waals surface area contributed by atoms with E-state index in [2.05, 4.69) is 21.2 Å². The molecule has 0 heterocycles. The largest absolute Gasteiger partial charge is 0.508 e. The highest BCUT2D eigenvalue weighted by atomic mass is 79.9. The lowest BCUT2D eigenvalue weighted by Crippen LogP contribution is -2.00. The summed E-state index contributed by atoms with van der Waals surface area (Å²) in [5, 5.41) is 14.1. The first kappa shape index (κ1) is 13.5. The molecule has 2 aromatic rings. The Morgan fingerprint density at radius 3 is 2.67 bits per heavy atom. The molecule has 0 radical (unpaired) electrons. The first-order valence-corrected chi connectivity index (χ1v) is 6.77. The van der Waals surface area contributed by atoms with Gasteiger partial charge >= 0.3 is 0 Å². The zero-order valence-electron chi connectivity index (χ0n) is 9.25. The number of nitrogens with one attached hydrogen (secondary N) is 1. The van der Waals surface area contributed by atoms with Gasteiger partial charge < -0.3 is 10.4 Å². The van der Waals surface area contributed by atoms with Gasteiger partial charge in [0.25, 0.3) is 0 Å². The van der Waals surface area contributed by atoms with Crippen LogP contribution in [0.15, 0.2) is 40.9 Å². The molecule has 18 heavy (non-hydrogen) atoms. The van der Waals surface area contributed by atoms with Crippen molar-refractivity contribution in [3.8, 4) is 5.75 Å². The molecule has 0 saturated heterocycles. The Labute approximate surface area is 124 Å². The lowest BCUT2D eigenvalue weighted by atomic mass is 10.2. The summed E-state index contributed by atoms with van der Waals surface area (Å²) in [6.07, 6.45) is 0. The number of anilines is 1. The lowest BCUT2D eigenvalue weighted by molar-refractivity contribution is 0.469. The van der Waals surface area contributed by atoms with Crippen molar-refractivity contribution in [2.45, 2.75) is 6.54 Å². The van der Waals surface area contributed by atoms with Crippen molar-refractivity contribution in [3.05, 3.63) is 56.5 Å². The third-order valence-corrected chi connectivity index (χ3v) is 3.50. The molecule has 0 amide bonds. The van der Waals surface area contributed by atoms with Crippen molar-refractivity contribution in [1.82, 2.24) is 0 Å². The minimum atomic E-state index is 0.240. The number of halogens is 3. The van der Waals surface area contributed by atoms with Crippen LogP contribution in [0.1, 0.15) is 5.56 Å². The van der Waals surface area contributed by atoms with Gasteiger partial charge in [0.15, 0.2) is 0 Å². The Bertz CT molecular complexity index is 523. The predicted molar refractivity (Wildman–Crippen MR) is 79.6 cm³/mol. The van der Waals surface area contributed by atoms with Crippen molar-refractivity contribution in [2.24, 2.45) is 0 Å². The normalized spacial score (nSPS) is 10.4. The molecule has 0 aliphatic carbocycles. The number of benzene rings is 2. The number of phenols is 1. The summed E-state index contributed by atoms with van der Waals surface area (Å²) in [5.41, 5.74) is 1.52. The van der Waals surface area contributed by atoms with Crippen molar-refractivity contribution >= 4 is 44.8 Å². The zero-order chi connectivity index (χ0) is 13.1. The smallest absolute Gasteiger partial charge is 0.120 e. The monoisotopic (exact) mass is 345 g/mol. The van der Waals surface area contributed by atoms with E-state index < -0.39 is 0 Å². The highest BCUT2D eigenvalue weighted by Gasteiger charge is 2.04. The van der Waals surface area contributed by atoms with E-state index in [4.69, 9.17) is 23.2 Å². The van der Waals surface area contributed by atoms with Crippen LogP contribution in [0.3, 0.4) is 0 Å². The third kappa shape index (κ3) is 3.31. The number of aromatic hydroxyl groups is 1. The Morgan fingerprint density at radius 1 is 1.11 bits per heavy atom. The zero-order valence-corrected chi connectivity index (χ0v) is 12.4. The molecule has 0 bridgehead atoms. The molecule has 2 rings (SSSR count). The van der Waals surface area contributed by atoms with E-state index in [1.807, 2.05) is 6.07 Å². The second-order valence-electron chi connectivity index (χ2n) is 3.75. The molecule has 2 N–H and O–H groups in total. The Kier molecular flexibility index (Phi) is 4.38. The highest BCUT2D eigenvalue weighted by molar-refractivity contribution is 9.10. The van der Waals surface area contributed by atoms with Gasteiger partial charge in [0, 0.05) is 21.6 Å². The molecule has 0 aliphatic rings. The second-order valence-corrected chi connectivity index (χ2v) is 5.51. The quantitative estimate of drug-likeness (QED) is 0.812. The minimum absolute atomic E-state index is 0.240. The summed E-state index contributed by atoms with van der Waals surface area (Å²) >= 11 is 15.3. The van der Waals surface area contributed by atoms with Gasteiger partial charge in [-0.25, -0.2) is 0 Å². The maximum Gasteiger partial charge on any atom is 0.120 e. The van der Waals surface area contributed by atoms with Crippen LogP contribution >= 0.6 is 39.1 Å². The van der Waals surface area contributed by atoms with E-state index in [9.17, 15) is 5.11 Å². The Morgan fingerprint density at radius 2 is 1.89 bits per heavy atom. The molecular weight excluding hydrogens is 337 g/mol. The fourth-order valence-electron chi connectivity index (χ4n) is 1.52. The number of hydrogen-bond donors (Lipinski definition) is 2. The molecule has 0 fully saturated rings. The molecule has 94 valence electrons. The van der Waals surface area contributed by atoms with Crippen molar-refractivity contribution in [2.75, 3.05) is 5.32 Å². The Balaban J connectivity index is 2.16. The maximum atomic E-state index is 9.72. The molecule has 0 saturated carbocycles. The molecule has 2 nitrogen and oxygen atoms in total. The van der Waals surface area contributed by atoms with Crippen LogP contribution in [0.5, 0.6) is 5.75 Å². The van der Waals surface area contributed by atoms with E-state index >= 15 is 0 Å². The van der Waals surface area contributed by atoms with Gasteiger partial charge in [-0.2, -0.15) is 0 Å². The Hall–Kier alpha value is -0.900. The molecule has 0 atom stereocenters. The third-order valence-electron chi connectivity index (χ3n) is 2.44. The van der Waals surface area contributed by atoms with Crippen molar-refractivity contribution < 1.29 is 5.11 Å². The van der Waals surface area contributed by atoms with Crippen LogP contribution < -0.4 is 5.32 Å².